The van der Waals surface area contributed by atoms with Crippen molar-refractivity contribution in [2.45, 2.75) is 62.6 Å². The molecule has 2 amide bonds. The van der Waals surface area contributed by atoms with Gasteiger partial charge in [0.25, 0.3) is 0 Å². The molecule has 2 aromatic carbocycles. The van der Waals surface area contributed by atoms with Crippen LogP contribution in [0.3, 0.4) is 0 Å². The lowest BCUT2D eigenvalue weighted by molar-refractivity contribution is -0.123. The van der Waals surface area contributed by atoms with Crippen LogP contribution in [0, 0.1) is 17.7 Å². The highest BCUT2D eigenvalue weighted by Gasteiger charge is 2.50. The van der Waals surface area contributed by atoms with Gasteiger partial charge in [0.15, 0.2) is 11.5 Å². The van der Waals surface area contributed by atoms with Crippen LogP contribution < -0.4 is 10.6 Å². The van der Waals surface area contributed by atoms with E-state index < -0.39 is 17.0 Å². The molecule has 2 aliphatic carbocycles. The minimum Gasteiger partial charge on any atom is -0.450 e. The second kappa shape index (κ2) is 15.4. The molecule has 2 fully saturated rings. The molecule has 2 N–H and O–H groups in total. The molecule has 2 saturated carbocycles. The summed E-state index contributed by atoms with van der Waals surface area (Å²) in [6.07, 6.45) is 14.8. The molecule has 6 aromatic rings. The number of carbonyl (C=O) groups is 4. The quantitative estimate of drug-likeness (QED) is 0.166. The van der Waals surface area contributed by atoms with Gasteiger partial charge in [0.05, 0.1) is 29.3 Å². The number of rotatable bonds is 6. The average Bonchev–Trinajstić information content (AvgIpc) is 4.05. The second-order valence-electron chi connectivity index (χ2n) is 15.2. The fourth-order valence-electron chi connectivity index (χ4n) is 8.62. The van der Waals surface area contributed by atoms with Crippen LogP contribution in [0.5, 0.6) is 0 Å². The Morgan fingerprint density at radius 1 is 0.712 bits per heavy atom. The fraction of sp³-hybridized carbons (Fsp3) is 0.273. The molecule has 0 unspecified atom stereocenters. The van der Waals surface area contributed by atoms with Crippen LogP contribution >= 0.6 is 0 Å². The Morgan fingerprint density at radius 2 is 1.39 bits per heavy atom. The maximum Gasteiger partial charge on any atom is 0.358 e. The van der Waals surface area contributed by atoms with E-state index in [1.54, 1.807) is 72.2 Å². The number of hydrogen-bond acceptors (Lipinski definition) is 10. The molecule has 14 nitrogen and oxygen atoms in total. The van der Waals surface area contributed by atoms with Gasteiger partial charge in [-0.15, -0.1) is 5.10 Å². The van der Waals surface area contributed by atoms with Gasteiger partial charge < -0.3 is 20.1 Å². The van der Waals surface area contributed by atoms with E-state index >= 15 is 0 Å². The number of aromatic nitrogens is 6. The molecule has 0 atom stereocenters. The van der Waals surface area contributed by atoms with Crippen molar-refractivity contribution < 1.29 is 33.0 Å². The van der Waals surface area contributed by atoms with Gasteiger partial charge in [-0.1, -0.05) is 36.4 Å². The van der Waals surface area contributed by atoms with Crippen molar-refractivity contribution in [2.75, 3.05) is 10.6 Å². The zero-order valence-electron chi connectivity index (χ0n) is 31.8. The van der Waals surface area contributed by atoms with Crippen LogP contribution in [0.1, 0.15) is 83.3 Å². The standard InChI is InChI=1S/C22H19FN4O3.C22H20N4O3/c23-17-3-1-2-4-18(17)27-12-8-19(26-27)25-20(28)14-5-9-22(10-6-14)16-13-24-11-7-15(16)21(29)30-22;27-20(25-16-13-24-26(14-16)17-5-2-1-3-6-17)15-8-10-22(11-9-15)18-7-4-12-23-19(18)21(28)29-22/h1-4,7-8,11-14H,5-6,9-10H2,(H,25,26,28);1-7,12-15H,8-11H2,(H,25,27)/t14-,22+;15-,22-. The van der Waals surface area contributed by atoms with Crippen LogP contribution in [-0.4, -0.2) is 53.3 Å². The third kappa shape index (κ3) is 7.24. The number of esters is 2. The smallest absolute Gasteiger partial charge is 0.358 e. The van der Waals surface area contributed by atoms with Crippen LogP contribution in [0.25, 0.3) is 11.4 Å². The van der Waals surface area contributed by atoms with Gasteiger partial charge in [0.1, 0.15) is 22.7 Å². The maximum atomic E-state index is 13.9. The summed E-state index contributed by atoms with van der Waals surface area (Å²) in [6.45, 7) is 0. The number of para-hydroxylation sites is 2. The summed E-state index contributed by atoms with van der Waals surface area (Å²) in [4.78, 5) is 58.1. The molecule has 6 heterocycles. The fourth-order valence-corrected chi connectivity index (χ4v) is 8.62. The molecule has 2 aliphatic heterocycles. The molecule has 4 aliphatic rings. The van der Waals surface area contributed by atoms with E-state index in [-0.39, 0.29) is 35.6 Å². The molecule has 0 saturated heterocycles. The van der Waals surface area contributed by atoms with Crippen LogP contribution in [-0.2, 0) is 30.3 Å². The highest BCUT2D eigenvalue weighted by atomic mass is 19.1. The van der Waals surface area contributed by atoms with Crippen molar-refractivity contribution in [3.05, 3.63) is 144 Å². The van der Waals surface area contributed by atoms with Crippen molar-refractivity contribution in [3.63, 3.8) is 0 Å². The number of halogens is 1. The van der Waals surface area contributed by atoms with Gasteiger partial charge >= 0.3 is 11.9 Å². The minimum absolute atomic E-state index is 0.0248. The number of ether oxygens (including phenoxy) is 2. The summed E-state index contributed by atoms with van der Waals surface area (Å²) >= 11 is 0. The highest BCUT2D eigenvalue weighted by molar-refractivity contribution is 5.95. The molecule has 15 heteroatoms. The van der Waals surface area contributed by atoms with Gasteiger partial charge in [-0.05, 0) is 87.8 Å². The summed E-state index contributed by atoms with van der Waals surface area (Å²) in [6, 6.07) is 23.1. The number of benzene rings is 2. The van der Waals surface area contributed by atoms with Crippen molar-refractivity contribution in [1.82, 2.24) is 29.5 Å². The molecule has 0 bridgehead atoms. The van der Waals surface area contributed by atoms with Gasteiger partial charge in [-0.3, -0.25) is 14.6 Å². The topological polar surface area (TPSA) is 172 Å². The first-order chi connectivity index (χ1) is 28.7. The Labute approximate surface area is 337 Å². The van der Waals surface area contributed by atoms with Crippen molar-refractivity contribution >= 4 is 35.3 Å². The lowest BCUT2D eigenvalue weighted by Crippen LogP contribution is -2.36. The number of pyridine rings is 2. The average molecular weight is 795 g/mol. The third-order valence-corrected chi connectivity index (χ3v) is 11.7. The number of nitrogens with one attached hydrogen (secondary N) is 2. The van der Waals surface area contributed by atoms with Crippen molar-refractivity contribution in [3.8, 4) is 11.4 Å². The SMILES string of the molecule is O=C1O[C@]2(CC[C@@H](C(=O)Nc3ccn(-c4ccccc4F)n3)CC2)c2cnccc21.O=C1O[C@]2(CC[C@H](C(=O)Nc3cnn(-c4ccccc4)c3)CC2)c2cccnc21. The molecular weight excluding hydrogens is 756 g/mol. The number of anilines is 2. The molecule has 4 aromatic heterocycles. The second-order valence-corrected chi connectivity index (χ2v) is 15.2. The van der Waals surface area contributed by atoms with E-state index in [2.05, 4.69) is 30.8 Å². The zero-order valence-corrected chi connectivity index (χ0v) is 31.8. The number of nitrogens with zero attached hydrogens (tertiary/aromatic N) is 6. The van der Waals surface area contributed by atoms with Crippen LogP contribution in [0.2, 0.25) is 0 Å². The Hall–Kier alpha value is -7.03. The number of hydrogen-bond donors (Lipinski definition) is 2. The van der Waals surface area contributed by atoms with E-state index in [0.717, 1.165) is 16.8 Å². The van der Waals surface area contributed by atoms with E-state index in [0.29, 0.717) is 79.8 Å². The first-order valence-corrected chi connectivity index (χ1v) is 19.6. The van der Waals surface area contributed by atoms with Gasteiger partial charge in [-0.25, -0.2) is 28.3 Å². The summed E-state index contributed by atoms with van der Waals surface area (Å²) in [5.41, 5.74) is 3.25. The number of amides is 2. The van der Waals surface area contributed by atoms with Crippen LogP contribution in [0.4, 0.5) is 15.9 Å². The first kappa shape index (κ1) is 37.5. The van der Waals surface area contributed by atoms with E-state index in [1.807, 2.05) is 42.5 Å². The van der Waals surface area contributed by atoms with Gasteiger partial charge in [-0.2, -0.15) is 5.10 Å². The minimum atomic E-state index is -0.677. The Morgan fingerprint density at radius 3 is 2.14 bits per heavy atom. The predicted molar refractivity (Wildman–Crippen MR) is 211 cm³/mol. The van der Waals surface area contributed by atoms with E-state index in [4.69, 9.17) is 9.47 Å². The van der Waals surface area contributed by atoms with Gasteiger partial charge in [0.2, 0.25) is 11.8 Å². The van der Waals surface area contributed by atoms with E-state index in [9.17, 15) is 23.6 Å². The molecule has 10 rings (SSSR count). The molecule has 298 valence electrons. The van der Waals surface area contributed by atoms with Crippen molar-refractivity contribution in [2.24, 2.45) is 11.8 Å². The lowest BCUT2D eigenvalue weighted by atomic mass is 9.75. The summed E-state index contributed by atoms with van der Waals surface area (Å²) in [7, 11) is 0. The first-order valence-electron chi connectivity index (χ1n) is 19.6. The Balaban J connectivity index is 0.000000152. The number of fused-ring (bicyclic) bond motifs is 4. The summed E-state index contributed by atoms with van der Waals surface area (Å²) in [5.74, 6) is -1.22. The summed E-state index contributed by atoms with van der Waals surface area (Å²) < 4.78 is 28.5. The maximum absolute atomic E-state index is 13.9. The molecule has 59 heavy (non-hydrogen) atoms. The Bertz CT molecular complexity index is 2560. The monoisotopic (exact) mass is 794 g/mol. The van der Waals surface area contributed by atoms with Crippen molar-refractivity contribution in [1.29, 1.82) is 0 Å². The normalized spacial score (nSPS) is 22.7. The third-order valence-electron chi connectivity index (χ3n) is 11.7. The summed E-state index contributed by atoms with van der Waals surface area (Å²) in [5, 5.41) is 14.3. The molecule has 2 spiro atoms. The lowest BCUT2D eigenvalue weighted by Gasteiger charge is -2.35. The molecular formula is C44H39FN8O6. The molecule has 0 radical (unpaired) electrons. The Kier molecular flexibility index (Phi) is 9.79. The highest BCUT2D eigenvalue weighted by Crippen LogP contribution is 2.49. The van der Waals surface area contributed by atoms with Gasteiger partial charge in [0, 0.05) is 53.8 Å². The zero-order chi connectivity index (χ0) is 40.6. The van der Waals surface area contributed by atoms with Crippen LogP contribution in [0.15, 0.2) is 116 Å². The number of carbonyl (C=O) groups excluding carboxylic acids is 4. The predicted octanol–water partition coefficient (Wildman–Crippen LogP) is 7.06. The van der Waals surface area contributed by atoms with E-state index in [1.165, 1.54) is 10.7 Å². The largest absolute Gasteiger partial charge is 0.450 e.